The molecular weight excluding hydrogens is 977 g/mol. The van der Waals surface area contributed by atoms with Crippen LogP contribution in [0.2, 0.25) is 0 Å². The van der Waals surface area contributed by atoms with Gasteiger partial charge in [0.2, 0.25) is 0 Å². The van der Waals surface area contributed by atoms with E-state index in [1.54, 1.807) is 22.5 Å². The van der Waals surface area contributed by atoms with Gasteiger partial charge in [-0.1, -0.05) is 187 Å². The third kappa shape index (κ3) is 9.11. The molecule has 1 aliphatic carbocycles. The predicted molar refractivity (Wildman–Crippen MR) is 329 cm³/mol. The van der Waals surface area contributed by atoms with Crippen molar-refractivity contribution in [3.05, 3.63) is 179 Å². The molecule has 0 bridgehead atoms. The Morgan fingerprint density at radius 3 is 1.43 bits per heavy atom. The fourth-order valence-corrected chi connectivity index (χ4v) is 14.7. The van der Waals surface area contributed by atoms with Gasteiger partial charge in [-0.2, -0.15) is 0 Å². The summed E-state index contributed by atoms with van der Waals surface area (Å²) in [6.45, 7) is 9.10. The minimum absolute atomic E-state index is 0.0124. The molecule has 0 saturated heterocycles. The van der Waals surface area contributed by atoms with Crippen LogP contribution in [0.15, 0.2) is 167 Å². The highest BCUT2D eigenvalue weighted by Gasteiger charge is 2.42. The molecule has 0 amide bonds. The lowest BCUT2D eigenvalue weighted by Gasteiger charge is -2.33. The summed E-state index contributed by atoms with van der Waals surface area (Å²) in [7, 11) is 0. The van der Waals surface area contributed by atoms with E-state index in [4.69, 9.17) is 18.8 Å². The average Bonchev–Trinajstić information content (AvgIpc) is 4.46. The largest absolute Gasteiger partial charge is 0.456 e. The van der Waals surface area contributed by atoms with Crippen LogP contribution in [0.4, 0.5) is 0 Å². The lowest BCUT2D eigenvalue weighted by atomic mass is 9.70. The molecule has 13 rings (SSSR count). The monoisotopic (exact) mass is 1040 g/mol. The van der Waals surface area contributed by atoms with Crippen molar-refractivity contribution in [2.75, 3.05) is 0 Å². The molecule has 4 nitrogen and oxygen atoms in total. The molecule has 5 aromatic heterocycles. The predicted octanol–water partition coefficient (Wildman–Crippen LogP) is 22.3. The van der Waals surface area contributed by atoms with Gasteiger partial charge in [0.15, 0.2) is 0 Å². The van der Waals surface area contributed by atoms with Gasteiger partial charge in [0, 0.05) is 68.7 Å². The van der Waals surface area contributed by atoms with Crippen LogP contribution < -0.4 is 0 Å². The Bertz CT molecular complexity index is 4130. The summed E-state index contributed by atoms with van der Waals surface area (Å²) in [5.74, 6) is 0. The second-order valence-corrected chi connectivity index (χ2v) is 24.3. The van der Waals surface area contributed by atoms with Gasteiger partial charge in [-0.05, 0) is 121 Å². The van der Waals surface area contributed by atoms with E-state index >= 15 is 0 Å². The third-order valence-electron chi connectivity index (χ3n) is 16.7. The summed E-state index contributed by atoms with van der Waals surface area (Å²) in [5, 5.41) is 4.37. The van der Waals surface area contributed by atoms with Crippen molar-refractivity contribution in [3.63, 3.8) is 0 Å². The molecule has 12 aromatic rings. The number of para-hydroxylation sites is 2. The molecule has 7 aromatic carbocycles. The van der Waals surface area contributed by atoms with Crippen molar-refractivity contribution in [1.82, 2.24) is 9.97 Å². The van der Waals surface area contributed by atoms with Crippen molar-refractivity contribution in [3.8, 4) is 65.0 Å². The molecule has 384 valence electrons. The Kier molecular flexibility index (Phi) is 13.5. The van der Waals surface area contributed by atoms with Crippen LogP contribution in [0.1, 0.15) is 125 Å². The van der Waals surface area contributed by atoms with Crippen molar-refractivity contribution in [2.45, 2.75) is 123 Å². The molecule has 1 aliphatic rings. The number of unbranched alkanes of at least 4 members (excludes halogenated alkanes) is 10. The van der Waals surface area contributed by atoms with Crippen LogP contribution in [-0.2, 0) is 5.41 Å². The van der Waals surface area contributed by atoms with Gasteiger partial charge >= 0.3 is 0 Å². The van der Waals surface area contributed by atoms with Crippen LogP contribution in [0.3, 0.4) is 0 Å². The summed E-state index contributed by atoms with van der Waals surface area (Å²) >= 11 is 3.67. The number of benzene rings is 7. The zero-order valence-corrected chi connectivity index (χ0v) is 46.6. The Balaban J connectivity index is 0.953. The zero-order valence-electron chi connectivity index (χ0n) is 44.9. The van der Waals surface area contributed by atoms with Crippen LogP contribution in [0.5, 0.6) is 0 Å². The molecular formula is C71H66N2O2S2. The van der Waals surface area contributed by atoms with E-state index in [1.165, 1.54) is 132 Å². The minimum Gasteiger partial charge on any atom is -0.456 e. The number of hydrogen-bond acceptors (Lipinski definition) is 6. The summed E-state index contributed by atoms with van der Waals surface area (Å²) in [6.07, 6.45) is 18.1. The van der Waals surface area contributed by atoms with Crippen LogP contribution >= 0.6 is 22.7 Å². The summed E-state index contributed by atoms with van der Waals surface area (Å²) in [4.78, 5) is 16.5. The van der Waals surface area contributed by atoms with Gasteiger partial charge in [-0.25, -0.2) is 9.97 Å². The van der Waals surface area contributed by atoms with E-state index < -0.39 is 0 Å². The average molecular weight is 1040 g/mol. The smallest absolute Gasteiger partial charge is 0.136 e. The molecule has 77 heavy (non-hydrogen) atoms. The topological polar surface area (TPSA) is 52.1 Å². The normalized spacial score (nSPS) is 13.0. The molecule has 0 fully saturated rings. The summed E-state index contributed by atoms with van der Waals surface area (Å²) in [5.41, 5.74) is 19.5. The molecule has 6 heteroatoms. The van der Waals surface area contributed by atoms with Crippen LogP contribution in [0.25, 0.3) is 120 Å². The molecule has 0 radical (unpaired) electrons. The second-order valence-electron chi connectivity index (χ2n) is 21.9. The van der Waals surface area contributed by atoms with Crippen molar-refractivity contribution < 1.29 is 8.83 Å². The maximum atomic E-state index is 6.53. The van der Waals surface area contributed by atoms with E-state index in [0.29, 0.717) is 0 Å². The van der Waals surface area contributed by atoms with Gasteiger partial charge in [0.1, 0.15) is 22.3 Å². The molecule has 0 spiro atoms. The summed E-state index contributed by atoms with van der Waals surface area (Å²) < 4.78 is 13.0. The first kappa shape index (κ1) is 49.5. The first-order valence-corrected chi connectivity index (χ1v) is 30.1. The summed E-state index contributed by atoms with van der Waals surface area (Å²) in [6, 6.07) is 58.0. The Morgan fingerprint density at radius 2 is 0.857 bits per heavy atom. The van der Waals surface area contributed by atoms with E-state index in [0.717, 1.165) is 88.6 Å². The van der Waals surface area contributed by atoms with Gasteiger partial charge in [0.05, 0.1) is 22.4 Å². The number of aryl methyl sites for hydroxylation is 2. The van der Waals surface area contributed by atoms with Crippen molar-refractivity contribution >= 4 is 77.6 Å². The number of rotatable bonds is 19. The standard InChI is InChI=1S/C71H66N2O2S2/c1-5-7-9-11-13-19-39-71(40-20-14-12-10-8-6-2)58-41-45(3)25-30-50(58)51-31-27-47(42-59(51)71)64-37-38-66(77-64)57-35-34-56(65-36-26-46(4)76-65)69-70(57)73-68(49-29-33-55-53-22-16-18-24-61(53)75-63(55)44-49)67(72-69)48-28-32-54-52-21-15-17-23-60(52)74-62(54)43-48/h15-18,21-38,41-44H,5-14,19-20,39-40H2,1-4H3. The highest BCUT2D eigenvalue weighted by Crippen LogP contribution is 2.56. The number of hydrogen-bond donors (Lipinski definition) is 0. The zero-order chi connectivity index (χ0) is 52.0. The molecule has 0 N–H and O–H groups in total. The maximum absolute atomic E-state index is 6.53. The van der Waals surface area contributed by atoms with E-state index in [9.17, 15) is 0 Å². The molecule has 5 heterocycles. The third-order valence-corrected chi connectivity index (χ3v) is 18.9. The number of fused-ring (bicyclic) bond motifs is 10. The second kappa shape index (κ2) is 21.0. The fourth-order valence-electron chi connectivity index (χ4n) is 12.7. The van der Waals surface area contributed by atoms with Crippen molar-refractivity contribution in [2.24, 2.45) is 0 Å². The van der Waals surface area contributed by atoms with Crippen LogP contribution in [0, 0.1) is 13.8 Å². The number of furan rings is 2. The van der Waals surface area contributed by atoms with E-state index in [1.807, 2.05) is 35.6 Å². The lowest BCUT2D eigenvalue weighted by Crippen LogP contribution is -2.25. The number of aromatic nitrogens is 2. The minimum atomic E-state index is 0.0124. The maximum Gasteiger partial charge on any atom is 0.136 e. The Labute approximate surface area is 460 Å². The Morgan fingerprint density at radius 1 is 0.390 bits per heavy atom. The van der Waals surface area contributed by atoms with E-state index in [2.05, 4.69) is 161 Å². The van der Waals surface area contributed by atoms with Gasteiger partial charge in [-0.15, -0.1) is 22.7 Å². The number of thiophene rings is 2. The quantitative estimate of drug-likeness (QED) is 0.0757. The molecule has 0 aliphatic heterocycles. The van der Waals surface area contributed by atoms with Crippen LogP contribution in [-0.4, -0.2) is 9.97 Å². The molecule has 0 atom stereocenters. The van der Waals surface area contributed by atoms with Gasteiger partial charge in [0.25, 0.3) is 0 Å². The van der Waals surface area contributed by atoms with Gasteiger partial charge < -0.3 is 8.83 Å². The molecule has 0 saturated carbocycles. The number of nitrogens with zero attached hydrogens (tertiary/aromatic N) is 2. The van der Waals surface area contributed by atoms with E-state index in [-0.39, 0.29) is 5.41 Å². The highest BCUT2D eigenvalue weighted by atomic mass is 32.1. The first-order valence-electron chi connectivity index (χ1n) is 28.5. The Hall–Kier alpha value is -7.12. The molecule has 0 unspecified atom stereocenters. The highest BCUT2D eigenvalue weighted by molar-refractivity contribution is 7.19. The lowest BCUT2D eigenvalue weighted by molar-refractivity contribution is 0.398. The van der Waals surface area contributed by atoms with Gasteiger partial charge in [-0.3, -0.25) is 0 Å². The SMILES string of the molecule is CCCCCCCCC1(CCCCCCCC)c2cc(C)ccc2-c2ccc(-c3ccc(-c4ccc(-c5ccc(C)s5)c5nc(-c6ccc7c(c6)oc6ccccc67)c(-c6ccc7c(c6)oc6ccccc67)nc45)s3)cc21. The fraction of sp³-hybridized carbons (Fsp3) is 0.268. The first-order chi connectivity index (χ1) is 37.9. The van der Waals surface area contributed by atoms with Crippen molar-refractivity contribution in [1.29, 1.82) is 0 Å².